The van der Waals surface area contributed by atoms with E-state index in [1.807, 2.05) is 6.92 Å². The molecule has 3 fully saturated rings. The predicted octanol–water partition coefficient (Wildman–Crippen LogP) is 2.76. The van der Waals surface area contributed by atoms with Crippen LogP contribution in [0.5, 0.6) is 0 Å². The van der Waals surface area contributed by atoms with Gasteiger partial charge in [-0.2, -0.15) is 0 Å². The van der Waals surface area contributed by atoms with Crippen molar-refractivity contribution in [3.63, 3.8) is 0 Å². The second kappa shape index (κ2) is 5.43. The first-order valence-electron chi connectivity index (χ1n) is 8.21. The molecule has 1 heterocycles. The van der Waals surface area contributed by atoms with Crippen LogP contribution < -0.4 is 5.32 Å². The van der Waals surface area contributed by atoms with E-state index in [0.29, 0.717) is 18.0 Å². The van der Waals surface area contributed by atoms with Gasteiger partial charge in [0.15, 0.2) is 0 Å². The van der Waals surface area contributed by atoms with Crippen molar-refractivity contribution in [3.8, 4) is 0 Å². The second-order valence-electron chi connectivity index (χ2n) is 7.15. The molecule has 0 aromatic heterocycles. The minimum absolute atomic E-state index is 0.0319. The third-order valence-corrected chi connectivity index (χ3v) is 5.51. The summed E-state index contributed by atoms with van der Waals surface area (Å²) < 4.78 is 0. The number of hydrogen-bond acceptors (Lipinski definition) is 2. The summed E-state index contributed by atoms with van der Waals surface area (Å²) in [6.07, 6.45) is 9.61. The highest BCUT2D eigenvalue weighted by molar-refractivity contribution is 5.84. The molecule has 2 aliphatic carbocycles. The summed E-state index contributed by atoms with van der Waals surface area (Å²) in [5.41, 5.74) is 0. The van der Waals surface area contributed by atoms with Gasteiger partial charge in [0.1, 0.15) is 0 Å². The number of nitrogens with one attached hydrogen (secondary N) is 1. The molecule has 0 aromatic carbocycles. The summed E-state index contributed by atoms with van der Waals surface area (Å²) in [7, 11) is 0. The molecule has 1 amide bonds. The molecule has 0 aromatic rings. The fraction of sp³-hybridized carbons (Fsp3) is 0.938. The van der Waals surface area contributed by atoms with Crippen molar-refractivity contribution in [2.75, 3.05) is 6.54 Å². The topological polar surface area (TPSA) is 32.3 Å². The molecule has 3 heteroatoms. The van der Waals surface area contributed by atoms with Crippen LogP contribution in [-0.2, 0) is 4.79 Å². The van der Waals surface area contributed by atoms with Crippen LogP contribution in [0.3, 0.4) is 0 Å². The molecule has 2 saturated carbocycles. The SMILES string of the molecule is CC1CCC(CN2C(=O)C(C)NC2C2CCCC2)C1. The summed E-state index contributed by atoms with van der Waals surface area (Å²) in [6.45, 7) is 5.38. The molecule has 0 radical (unpaired) electrons. The van der Waals surface area contributed by atoms with Gasteiger partial charge in [0.25, 0.3) is 0 Å². The monoisotopic (exact) mass is 264 g/mol. The first-order valence-corrected chi connectivity index (χ1v) is 8.21. The lowest BCUT2D eigenvalue weighted by molar-refractivity contribution is -0.131. The van der Waals surface area contributed by atoms with Gasteiger partial charge in [-0.05, 0) is 50.4 Å². The first-order chi connectivity index (χ1) is 9.15. The Bertz CT molecular complexity index is 338. The fourth-order valence-corrected chi connectivity index (χ4v) is 4.44. The van der Waals surface area contributed by atoms with Crippen LogP contribution in [0.15, 0.2) is 0 Å². The van der Waals surface area contributed by atoms with E-state index >= 15 is 0 Å². The number of carbonyl (C=O) groups is 1. The number of rotatable bonds is 3. The van der Waals surface area contributed by atoms with Gasteiger partial charge in [-0.25, -0.2) is 0 Å². The average molecular weight is 264 g/mol. The maximum absolute atomic E-state index is 12.4. The lowest BCUT2D eigenvalue weighted by Crippen LogP contribution is -2.44. The molecule has 1 N–H and O–H groups in total. The van der Waals surface area contributed by atoms with Gasteiger partial charge in [0.05, 0.1) is 12.2 Å². The lowest BCUT2D eigenvalue weighted by Gasteiger charge is -2.31. The zero-order valence-electron chi connectivity index (χ0n) is 12.4. The van der Waals surface area contributed by atoms with Gasteiger partial charge >= 0.3 is 0 Å². The van der Waals surface area contributed by atoms with Crippen LogP contribution in [-0.4, -0.2) is 29.6 Å². The van der Waals surface area contributed by atoms with Crippen molar-refractivity contribution in [2.45, 2.75) is 71.0 Å². The van der Waals surface area contributed by atoms with Crippen LogP contribution >= 0.6 is 0 Å². The maximum atomic E-state index is 12.4. The Balaban J connectivity index is 1.66. The summed E-state index contributed by atoms with van der Waals surface area (Å²) in [4.78, 5) is 14.6. The molecule has 0 spiro atoms. The first kappa shape index (κ1) is 13.4. The lowest BCUT2D eigenvalue weighted by atomic mass is 10.0. The molecule has 3 rings (SSSR count). The molecular weight excluding hydrogens is 236 g/mol. The molecule has 19 heavy (non-hydrogen) atoms. The molecule has 1 aliphatic heterocycles. The summed E-state index contributed by atoms with van der Waals surface area (Å²) >= 11 is 0. The smallest absolute Gasteiger partial charge is 0.240 e. The number of amides is 1. The minimum Gasteiger partial charge on any atom is -0.325 e. The van der Waals surface area contributed by atoms with Gasteiger partial charge < -0.3 is 4.90 Å². The van der Waals surface area contributed by atoms with Crippen molar-refractivity contribution in [1.29, 1.82) is 0 Å². The standard InChI is InChI=1S/C16H28N2O/c1-11-7-8-13(9-11)10-18-15(14-5-3-4-6-14)17-12(2)16(18)19/h11-15,17H,3-10H2,1-2H3. The third kappa shape index (κ3) is 2.67. The number of nitrogens with zero attached hydrogens (tertiary/aromatic N) is 1. The Hall–Kier alpha value is -0.570. The van der Waals surface area contributed by atoms with E-state index in [1.165, 1.54) is 44.9 Å². The Morgan fingerprint density at radius 1 is 1.16 bits per heavy atom. The van der Waals surface area contributed by atoms with Crippen LogP contribution in [0.2, 0.25) is 0 Å². The van der Waals surface area contributed by atoms with E-state index in [1.54, 1.807) is 0 Å². The van der Waals surface area contributed by atoms with E-state index in [2.05, 4.69) is 17.1 Å². The van der Waals surface area contributed by atoms with Crippen molar-refractivity contribution < 1.29 is 4.79 Å². The fourth-order valence-electron chi connectivity index (χ4n) is 4.44. The summed E-state index contributed by atoms with van der Waals surface area (Å²) in [6, 6.07) is 0.0319. The Morgan fingerprint density at radius 2 is 1.89 bits per heavy atom. The molecule has 108 valence electrons. The number of hydrogen-bond donors (Lipinski definition) is 1. The average Bonchev–Trinajstić information content (AvgIpc) is 3.07. The van der Waals surface area contributed by atoms with Crippen LogP contribution in [0, 0.1) is 17.8 Å². The van der Waals surface area contributed by atoms with Crippen LogP contribution in [0.4, 0.5) is 0 Å². The number of carbonyl (C=O) groups excluding carboxylic acids is 1. The third-order valence-electron chi connectivity index (χ3n) is 5.51. The summed E-state index contributed by atoms with van der Waals surface area (Å²) in [5.74, 6) is 2.65. The van der Waals surface area contributed by atoms with Gasteiger partial charge in [-0.15, -0.1) is 0 Å². The molecule has 3 nitrogen and oxygen atoms in total. The van der Waals surface area contributed by atoms with Crippen molar-refractivity contribution in [1.82, 2.24) is 10.2 Å². The largest absolute Gasteiger partial charge is 0.325 e. The van der Waals surface area contributed by atoms with Crippen LogP contribution in [0.1, 0.15) is 58.8 Å². The van der Waals surface area contributed by atoms with E-state index in [-0.39, 0.29) is 6.04 Å². The molecule has 4 unspecified atom stereocenters. The normalized spacial score (nSPS) is 40.5. The van der Waals surface area contributed by atoms with Gasteiger partial charge in [-0.3, -0.25) is 10.1 Å². The molecule has 1 saturated heterocycles. The predicted molar refractivity (Wildman–Crippen MR) is 76.6 cm³/mol. The molecule has 0 bridgehead atoms. The van der Waals surface area contributed by atoms with Crippen molar-refractivity contribution in [3.05, 3.63) is 0 Å². The van der Waals surface area contributed by atoms with Gasteiger partial charge in [0.2, 0.25) is 5.91 Å². The highest BCUT2D eigenvalue weighted by atomic mass is 16.2. The van der Waals surface area contributed by atoms with E-state index in [9.17, 15) is 4.79 Å². The van der Waals surface area contributed by atoms with Crippen LogP contribution in [0.25, 0.3) is 0 Å². The Labute approximate surface area is 117 Å². The van der Waals surface area contributed by atoms with Crippen molar-refractivity contribution in [2.24, 2.45) is 17.8 Å². The highest BCUT2D eigenvalue weighted by Gasteiger charge is 2.42. The molecule has 4 atom stereocenters. The quantitative estimate of drug-likeness (QED) is 0.850. The molecule has 3 aliphatic rings. The van der Waals surface area contributed by atoms with Gasteiger partial charge in [0, 0.05) is 6.54 Å². The van der Waals surface area contributed by atoms with E-state index < -0.39 is 0 Å². The maximum Gasteiger partial charge on any atom is 0.240 e. The zero-order valence-corrected chi connectivity index (χ0v) is 12.4. The van der Waals surface area contributed by atoms with E-state index in [4.69, 9.17) is 0 Å². The highest BCUT2D eigenvalue weighted by Crippen LogP contribution is 2.35. The summed E-state index contributed by atoms with van der Waals surface area (Å²) in [5, 5.41) is 3.56. The Morgan fingerprint density at radius 3 is 2.53 bits per heavy atom. The van der Waals surface area contributed by atoms with Crippen molar-refractivity contribution >= 4 is 5.91 Å². The zero-order chi connectivity index (χ0) is 13.4. The van der Waals surface area contributed by atoms with E-state index in [0.717, 1.165) is 18.4 Å². The second-order valence-corrected chi connectivity index (χ2v) is 7.15. The molecular formula is C16H28N2O. The Kier molecular flexibility index (Phi) is 3.84. The minimum atomic E-state index is 0.0319. The van der Waals surface area contributed by atoms with Gasteiger partial charge in [-0.1, -0.05) is 26.2 Å².